The largest absolute Gasteiger partial charge is 0.493 e. The first-order valence-electron chi connectivity index (χ1n) is 12.1. The molecule has 0 saturated heterocycles. The van der Waals surface area contributed by atoms with Gasteiger partial charge in [-0.2, -0.15) is 0 Å². The molecule has 0 radical (unpaired) electrons. The number of hydrogen-bond acceptors (Lipinski definition) is 8. The number of hydrogen-bond donors (Lipinski definition) is 0. The quantitative estimate of drug-likeness (QED) is 0.0940. The van der Waals surface area contributed by atoms with Crippen LogP contribution in [0.5, 0.6) is 23.0 Å². The summed E-state index contributed by atoms with van der Waals surface area (Å²) in [4.78, 5) is 35.6. The van der Waals surface area contributed by atoms with Crippen molar-refractivity contribution in [3.63, 3.8) is 0 Å². The molecule has 0 fully saturated rings. The number of methoxy groups -OCH3 is 1. The van der Waals surface area contributed by atoms with E-state index in [1.165, 1.54) is 37.4 Å². The number of aryl methyl sites for hydroxylation is 1. The van der Waals surface area contributed by atoms with Gasteiger partial charge in [0.1, 0.15) is 17.8 Å². The van der Waals surface area contributed by atoms with Gasteiger partial charge in [-0.15, -0.1) is 0 Å². The molecular formula is C30H30O8. The third kappa shape index (κ3) is 8.31. The third-order valence-corrected chi connectivity index (χ3v) is 5.39. The minimum Gasteiger partial charge on any atom is -0.493 e. The van der Waals surface area contributed by atoms with E-state index in [1.54, 1.807) is 24.3 Å². The number of rotatable bonds is 14. The highest BCUT2D eigenvalue weighted by Crippen LogP contribution is 2.29. The monoisotopic (exact) mass is 518 g/mol. The van der Waals surface area contributed by atoms with Gasteiger partial charge in [-0.1, -0.05) is 25.6 Å². The van der Waals surface area contributed by atoms with Crippen molar-refractivity contribution < 1.29 is 38.1 Å². The normalized spacial score (nSPS) is 10.4. The van der Waals surface area contributed by atoms with Crippen molar-refractivity contribution in [3.8, 4) is 23.0 Å². The first-order chi connectivity index (χ1) is 18.4. The van der Waals surface area contributed by atoms with Gasteiger partial charge in [-0.3, -0.25) is 4.79 Å². The fourth-order valence-electron chi connectivity index (χ4n) is 3.28. The molecule has 3 aromatic rings. The Balaban J connectivity index is 1.52. The van der Waals surface area contributed by atoms with Gasteiger partial charge < -0.3 is 23.7 Å². The minimum atomic E-state index is -0.593. The zero-order valence-corrected chi connectivity index (χ0v) is 21.4. The summed E-state index contributed by atoms with van der Waals surface area (Å²) >= 11 is 0. The molecule has 0 aromatic heterocycles. The molecule has 3 aromatic carbocycles. The second-order valence-corrected chi connectivity index (χ2v) is 8.20. The molecule has 0 aliphatic heterocycles. The number of esters is 2. The topological polar surface area (TPSA) is 97.4 Å². The summed E-state index contributed by atoms with van der Waals surface area (Å²) in [7, 11) is 1.47. The lowest BCUT2D eigenvalue weighted by molar-refractivity contribution is -0.105. The molecule has 0 atom stereocenters. The molecule has 3 rings (SSSR count). The maximum absolute atomic E-state index is 12.7. The van der Waals surface area contributed by atoms with Crippen LogP contribution in [-0.4, -0.2) is 45.2 Å². The summed E-state index contributed by atoms with van der Waals surface area (Å²) in [6, 6.07) is 18.1. The average Bonchev–Trinajstić information content (AvgIpc) is 2.95. The Morgan fingerprint density at radius 1 is 0.816 bits per heavy atom. The van der Waals surface area contributed by atoms with Gasteiger partial charge in [0.2, 0.25) is 0 Å². The second-order valence-electron chi connectivity index (χ2n) is 8.20. The van der Waals surface area contributed by atoms with E-state index >= 15 is 0 Å². The van der Waals surface area contributed by atoms with Gasteiger partial charge in [0.05, 0.1) is 38.1 Å². The van der Waals surface area contributed by atoms with Crippen molar-refractivity contribution in [1.82, 2.24) is 0 Å². The molecule has 0 aliphatic rings. The third-order valence-electron chi connectivity index (χ3n) is 5.39. The summed E-state index contributed by atoms with van der Waals surface area (Å²) in [6.07, 6.45) is 2.15. The molecule has 0 N–H and O–H groups in total. The van der Waals surface area contributed by atoms with E-state index in [2.05, 4.69) is 6.58 Å². The smallest absolute Gasteiger partial charge is 0.343 e. The lowest BCUT2D eigenvalue weighted by Crippen LogP contribution is -2.11. The molecule has 8 nitrogen and oxygen atoms in total. The molecule has 198 valence electrons. The predicted molar refractivity (Wildman–Crippen MR) is 141 cm³/mol. The average molecular weight is 519 g/mol. The maximum atomic E-state index is 12.7. The Labute approximate surface area is 221 Å². The highest BCUT2D eigenvalue weighted by atomic mass is 16.5. The van der Waals surface area contributed by atoms with Crippen LogP contribution in [0.15, 0.2) is 78.9 Å². The van der Waals surface area contributed by atoms with Crippen LogP contribution < -0.4 is 18.9 Å². The van der Waals surface area contributed by atoms with Gasteiger partial charge >= 0.3 is 11.9 Å². The number of carbonyl (C=O) groups excluding carboxylic acids is 3. The molecular weight excluding hydrogens is 488 g/mol. The Morgan fingerprint density at radius 3 is 2.03 bits per heavy atom. The van der Waals surface area contributed by atoms with Crippen molar-refractivity contribution in [2.75, 3.05) is 26.9 Å². The van der Waals surface area contributed by atoms with Crippen molar-refractivity contribution in [1.29, 1.82) is 0 Å². The lowest BCUT2D eigenvalue weighted by atomic mass is 10.2. The van der Waals surface area contributed by atoms with E-state index in [9.17, 15) is 14.4 Å². The van der Waals surface area contributed by atoms with Crippen molar-refractivity contribution in [2.24, 2.45) is 0 Å². The fourth-order valence-corrected chi connectivity index (χ4v) is 3.28. The molecule has 8 heteroatoms. The molecule has 0 aliphatic carbocycles. The Hall–Kier alpha value is -4.43. The van der Waals surface area contributed by atoms with Crippen LogP contribution >= 0.6 is 0 Å². The summed E-state index contributed by atoms with van der Waals surface area (Å²) in [6.45, 7) is 6.53. The van der Waals surface area contributed by atoms with Crippen LogP contribution in [-0.2, 0) is 16.0 Å². The standard InChI is InChI=1S/C30H30O8/c1-4-22-6-11-25(12-7-22)37-29(32)23-8-13-26(14-9-23)38-30(33)24-10-15-27(28(18-24)34-3)36-17-5-16-35-20-21(2)19-31/h6-15,18-19H,2,4-5,16-17,20H2,1,3H3. The highest BCUT2D eigenvalue weighted by Gasteiger charge is 2.15. The van der Waals surface area contributed by atoms with Crippen LogP contribution in [0.1, 0.15) is 39.6 Å². The second kappa shape index (κ2) is 14.3. The molecule has 0 heterocycles. The fraction of sp³-hybridized carbons (Fsp3) is 0.233. The van der Waals surface area contributed by atoms with Crippen molar-refractivity contribution in [3.05, 3.63) is 95.6 Å². The molecule has 38 heavy (non-hydrogen) atoms. The lowest BCUT2D eigenvalue weighted by Gasteiger charge is -2.12. The van der Waals surface area contributed by atoms with Crippen LogP contribution in [0.4, 0.5) is 0 Å². The first kappa shape index (κ1) is 28.1. The van der Waals surface area contributed by atoms with E-state index in [0.717, 1.165) is 12.0 Å². The van der Waals surface area contributed by atoms with Gasteiger partial charge in [0.25, 0.3) is 0 Å². The van der Waals surface area contributed by atoms with E-state index < -0.39 is 11.9 Å². The number of aldehydes is 1. The molecule has 0 amide bonds. The van der Waals surface area contributed by atoms with E-state index in [0.29, 0.717) is 54.3 Å². The van der Waals surface area contributed by atoms with Gasteiger partial charge in [0.15, 0.2) is 11.5 Å². The highest BCUT2D eigenvalue weighted by molar-refractivity contribution is 5.93. The van der Waals surface area contributed by atoms with Gasteiger partial charge in [0, 0.05) is 12.0 Å². The summed E-state index contributed by atoms with van der Waals surface area (Å²) in [5, 5.41) is 0. The molecule has 0 bridgehead atoms. The van der Waals surface area contributed by atoms with Crippen LogP contribution in [0.2, 0.25) is 0 Å². The van der Waals surface area contributed by atoms with Crippen LogP contribution in [0, 0.1) is 0 Å². The Kier molecular flexibility index (Phi) is 10.6. The number of benzene rings is 3. The number of ether oxygens (including phenoxy) is 5. The van der Waals surface area contributed by atoms with Crippen LogP contribution in [0.25, 0.3) is 0 Å². The number of carbonyl (C=O) groups is 3. The maximum Gasteiger partial charge on any atom is 0.343 e. The first-order valence-corrected chi connectivity index (χ1v) is 12.1. The zero-order valence-electron chi connectivity index (χ0n) is 21.4. The van der Waals surface area contributed by atoms with E-state index in [-0.39, 0.29) is 17.9 Å². The molecule has 0 saturated carbocycles. The Morgan fingerprint density at radius 2 is 1.42 bits per heavy atom. The molecule has 0 unspecified atom stereocenters. The van der Waals surface area contributed by atoms with Gasteiger partial charge in [-0.25, -0.2) is 9.59 Å². The summed E-state index contributed by atoms with van der Waals surface area (Å²) in [5.41, 5.74) is 2.12. The van der Waals surface area contributed by atoms with Crippen molar-refractivity contribution in [2.45, 2.75) is 19.8 Å². The minimum absolute atomic E-state index is 0.184. The Bertz CT molecular complexity index is 1250. The molecule has 0 spiro atoms. The van der Waals surface area contributed by atoms with Crippen molar-refractivity contribution >= 4 is 18.2 Å². The summed E-state index contributed by atoms with van der Waals surface area (Å²) < 4.78 is 27.2. The SMILES string of the molecule is C=C(C=O)COCCCOc1ccc(C(=O)Oc2ccc(C(=O)Oc3ccc(CC)cc3)cc2)cc1OC. The zero-order chi connectivity index (χ0) is 27.3. The van der Waals surface area contributed by atoms with E-state index in [1.807, 2.05) is 19.1 Å². The summed E-state index contributed by atoms with van der Waals surface area (Å²) in [5.74, 6) is 0.470. The van der Waals surface area contributed by atoms with Crippen LogP contribution in [0.3, 0.4) is 0 Å². The van der Waals surface area contributed by atoms with Gasteiger partial charge in [-0.05, 0) is 66.6 Å². The predicted octanol–water partition coefficient (Wildman–Crippen LogP) is 5.24. The van der Waals surface area contributed by atoms with E-state index in [4.69, 9.17) is 23.7 Å².